The molecule has 0 radical (unpaired) electrons. The summed E-state index contributed by atoms with van der Waals surface area (Å²) in [5.74, 6) is 0.702. The SMILES string of the molecule is C=Cc1[nH]c2ccc(-c3cc(Cl)cc(C4=NC(c5ccccc5)(c5ccccc5)N=CN4)c3)cc2c1/C=C\C. The maximum atomic E-state index is 6.70. The smallest absolute Gasteiger partial charge is 0.205 e. The van der Waals surface area contributed by atoms with Crippen LogP contribution in [0, 0.1) is 0 Å². The number of benzene rings is 4. The van der Waals surface area contributed by atoms with Gasteiger partial charge in [0.2, 0.25) is 5.66 Å². The van der Waals surface area contributed by atoms with E-state index in [0.29, 0.717) is 10.9 Å². The van der Waals surface area contributed by atoms with Crippen molar-refractivity contribution in [3.63, 3.8) is 0 Å². The Kier molecular flexibility index (Phi) is 6.47. The van der Waals surface area contributed by atoms with Crippen molar-refractivity contribution >= 4 is 46.8 Å². The summed E-state index contributed by atoms with van der Waals surface area (Å²) in [5, 5.41) is 5.04. The Morgan fingerprint density at radius 2 is 1.51 bits per heavy atom. The number of H-pyrrole nitrogens is 1. The normalized spacial score (nSPS) is 14.4. The summed E-state index contributed by atoms with van der Waals surface area (Å²) in [5.41, 5.74) is 7.21. The average molecular weight is 527 g/mol. The van der Waals surface area contributed by atoms with Gasteiger partial charge in [0, 0.05) is 43.9 Å². The lowest BCUT2D eigenvalue weighted by Crippen LogP contribution is -2.36. The topological polar surface area (TPSA) is 52.5 Å². The molecule has 2 heterocycles. The second-order valence-electron chi connectivity index (χ2n) is 9.41. The van der Waals surface area contributed by atoms with Crippen LogP contribution < -0.4 is 5.32 Å². The van der Waals surface area contributed by atoms with Gasteiger partial charge in [-0.2, -0.15) is 0 Å². The number of nitrogens with zero attached hydrogens (tertiary/aromatic N) is 2. The van der Waals surface area contributed by atoms with Crippen molar-refractivity contribution in [3.8, 4) is 11.1 Å². The minimum Gasteiger partial charge on any atom is -0.355 e. The molecule has 0 aliphatic carbocycles. The highest BCUT2D eigenvalue weighted by Gasteiger charge is 2.35. The molecule has 1 aromatic heterocycles. The third-order valence-electron chi connectivity index (χ3n) is 6.99. The van der Waals surface area contributed by atoms with E-state index in [0.717, 1.165) is 50.0 Å². The first-order chi connectivity index (χ1) is 19.1. The van der Waals surface area contributed by atoms with Crippen molar-refractivity contribution in [1.29, 1.82) is 0 Å². The van der Waals surface area contributed by atoms with Gasteiger partial charge in [-0.1, -0.05) is 97.1 Å². The first-order valence-corrected chi connectivity index (χ1v) is 13.2. The van der Waals surface area contributed by atoms with E-state index in [1.165, 1.54) is 0 Å². The molecule has 0 saturated carbocycles. The fraction of sp³-hybridized carbons (Fsp3) is 0.0588. The maximum Gasteiger partial charge on any atom is 0.205 e. The molecule has 6 rings (SSSR count). The molecular formula is C34H27ClN4. The lowest BCUT2D eigenvalue weighted by Gasteiger charge is -2.31. The number of rotatable bonds is 6. The molecule has 190 valence electrons. The molecule has 0 atom stereocenters. The summed E-state index contributed by atoms with van der Waals surface area (Å²) in [6.07, 6.45) is 7.73. The Balaban J connectivity index is 1.49. The summed E-state index contributed by atoms with van der Waals surface area (Å²) >= 11 is 6.70. The minimum absolute atomic E-state index is 0.633. The summed E-state index contributed by atoms with van der Waals surface area (Å²) in [6.45, 7) is 5.99. The van der Waals surface area contributed by atoms with Crippen LogP contribution in [0.2, 0.25) is 5.02 Å². The molecule has 0 fully saturated rings. The fourth-order valence-corrected chi connectivity index (χ4v) is 5.39. The van der Waals surface area contributed by atoms with Gasteiger partial charge >= 0.3 is 0 Å². The zero-order valence-electron chi connectivity index (χ0n) is 21.5. The van der Waals surface area contributed by atoms with Gasteiger partial charge in [-0.3, -0.25) is 0 Å². The number of aromatic amines is 1. The molecule has 0 bridgehead atoms. The number of fused-ring (bicyclic) bond motifs is 1. The standard InChI is InChI=1S/C34H27ClN4/c1-3-11-29-30-21-23(16-17-32(30)38-31(29)4-2)24-18-25(20-28(35)19-24)33-36-22-37-34(39-33,26-12-7-5-8-13-26)27-14-9-6-10-15-27/h3-22,38H,2H2,1H3,(H,36,37,39)/b11-3-. The van der Waals surface area contributed by atoms with Crippen LogP contribution in [-0.4, -0.2) is 17.2 Å². The number of aliphatic imine (C=N–C) groups is 2. The zero-order valence-corrected chi connectivity index (χ0v) is 22.3. The molecule has 4 nitrogen and oxygen atoms in total. The van der Waals surface area contributed by atoms with Crippen LogP contribution in [0.15, 0.2) is 120 Å². The van der Waals surface area contributed by atoms with Crippen molar-refractivity contribution in [3.05, 3.63) is 143 Å². The number of halogens is 1. The summed E-state index contributed by atoms with van der Waals surface area (Å²) < 4.78 is 0. The number of hydrogen-bond donors (Lipinski definition) is 2. The lowest BCUT2D eigenvalue weighted by molar-refractivity contribution is 0.567. The Morgan fingerprint density at radius 1 is 0.821 bits per heavy atom. The van der Waals surface area contributed by atoms with Crippen molar-refractivity contribution in [2.24, 2.45) is 9.98 Å². The maximum absolute atomic E-state index is 6.70. The highest BCUT2D eigenvalue weighted by atomic mass is 35.5. The molecule has 0 spiro atoms. The second-order valence-corrected chi connectivity index (χ2v) is 9.85. The van der Waals surface area contributed by atoms with E-state index in [4.69, 9.17) is 21.6 Å². The summed E-state index contributed by atoms with van der Waals surface area (Å²) in [4.78, 5) is 13.6. The van der Waals surface area contributed by atoms with E-state index in [1.807, 2.05) is 67.6 Å². The van der Waals surface area contributed by atoms with E-state index in [1.54, 1.807) is 6.34 Å². The van der Waals surface area contributed by atoms with E-state index in [9.17, 15) is 0 Å². The van der Waals surface area contributed by atoms with Crippen LogP contribution in [0.4, 0.5) is 0 Å². The van der Waals surface area contributed by atoms with E-state index in [-0.39, 0.29) is 0 Å². The first-order valence-electron chi connectivity index (χ1n) is 12.8. The van der Waals surface area contributed by atoms with Crippen molar-refractivity contribution in [2.75, 3.05) is 0 Å². The van der Waals surface area contributed by atoms with Crippen LogP contribution in [0.5, 0.6) is 0 Å². The zero-order chi connectivity index (χ0) is 26.8. The van der Waals surface area contributed by atoms with Gasteiger partial charge in [-0.15, -0.1) is 0 Å². The summed E-state index contributed by atoms with van der Waals surface area (Å²) in [6, 6.07) is 32.8. The van der Waals surface area contributed by atoms with Gasteiger partial charge in [-0.05, 0) is 54.5 Å². The molecule has 5 aromatic rings. The highest BCUT2D eigenvalue weighted by molar-refractivity contribution is 6.31. The van der Waals surface area contributed by atoms with E-state index >= 15 is 0 Å². The van der Waals surface area contributed by atoms with E-state index in [2.05, 4.69) is 71.5 Å². The molecule has 5 heteroatoms. The number of hydrogen-bond acceptors (Lipinski definition) is 3. The van der Waals surface area contributed by atoms with Crippen LogP contribution in [0.3, 0.4) is 0 Å². The molecule has 1 aliphatic heterocycles. The quantitative estimate of drug-likeness (QED) is 0.229. The van der Waals surface area contributed by atoms with Gasteiger partial charge in [0.15, 0.2) is 0 Å². The predicted molar refractivity (Wildman–Crippen MR) is 165 cm³/mol. The fourth-order valence-electron chi connectivity index (χ4n) is 5.16. The van der Waals surface area contributed by atoms with Crippen molar-refractivity contribution in [2.45, 2.75) is 12.6 Å². The second kappa shape index (κ2) is 10.2. The Morgan fingerprint density at radius 3 is 2.18 bits per heavy atom. The molecule has 1 aliphatic rings. The third kappa shape index (κ3) is 4.49. The molecule has 0 saturated heterocycles. The number of amidine groups is 1. The van der Waals surface area contributed by atoms with Crippen molar-refractivity contribution < 1.29 is 0 Å². The van der Waals surface area contributed by atoms with Gasteiger partial charge in [0.25, 0.3) is 0 Å². The molecule has 0 unspecified atom stereocenters. The Labute approximate surface area is 233 Å². The molecule has 2 N–H and O–H groups in total. The lowest BCUT2D eigenvalue weighted by atomic mass is 9.91. The molecular weight excluding hydrogens is 500 g/mol. The Hall–Kier alpha value is -4.67. The molecule has 4 aromatic carbocycles. The van der Waals surface area contributed by atoms with Gasteiger partial charge in [0.1, 0.15) is 5.84 Å². The third-order valence-corrected chi connectivity index (χ3v) is 7.21. The highest BCUT2D eigenvalue weighted by Crippen LogP contribution is 2.37. The van der Waals surface area contributed by atoms with Gasteiger partial charge in [-0.25, -0.2) is 9.98 Å². The number of nitrogens with one attached hydrogen (secondary N) is 2. The molecule has 39 heavy (non-hydrogen) atoms. The Bertz CT molecular complexity index is 1720. The van der Waals surface area contributed by atoms with Crippen LogP contribution >= 0.6 is 11.6 Å². The first kappa shape index (κ1) is 24.7. The minimum atomic E-state index is -0.905. The van der Waals surface area contributed by atoms with Gasteiger partial charge in [0.05, 0.1) is 6.34 Å². The largest absolute Gasteiger partial charge is 0.355 e. The van der Waals surface area contributed by atoms with E-state index < -0.39 is 5.66 Å². The average Bonchev–Trinajstić information content (AvgIpc) is 3.34. The van der Waals surface area contributed by atoms with Crippen LogP contribution in [0.25, 0.3) is 34.2 Å². The van der Waals surface area contributed by atoms with Crippen LogP contribution in [-0.2, 0) is 5.66 Å². The van der Waals surface area contributed by atoms with Crippen LogP contribution in [0.1, 0.15) is 34.9 Å². The monoisotopic (exact) mass is 526 g/mol. The number of allylic oxidation sites excluding steroid dienone is 1. The summed E-state index contributed by atoms with van der Waals surface area (Å²) in [7, 11) is 0. The van der Waals surface area contributed by atoms with Gasteiger partial charge < -0.3 is 10.3 Å². The number of aromatic nitrogens is 1. The van der Waals surface area contributed by atoms with Crippen molar-refractivity contribution in [1.82, 2.24) is 10.3 Å². The predicted octanol–water partition coefficient (Wildman–Crippen LogP) is 8.44. The molecule has 0 amide bonds.